The number of rotatable bonds is 4. The van der Waals surface area contributed by atoms with Crippen LogP contribution in [0.5, 0.6) is 0 Å². The van der Waals surface area contributed by atoms with Gasteiger partial charge in [-0.1, -0.05) is 17.7 Å². The maximum atomic E-state index is 12.2. The summed E-state index contributed by atoms with van der Waals surface area (Å²) in [5.74, 6) is -2.04. The largest absolute Gasteiger partial charge is 0.478 e. The fourth-order valence-electron chi connectivity index (χ4n) is 2.07. The topological polar surface area (TPSA) is 118 Å². The lowest BCUT2D eigenvalue weighted by Gasteiger charge is -2.14. The van der Waals surface area contributed by atoms with Crippen molar-refractivity contribution < 1.29 is 26.7 Å². The van der Waals surface area contributed by atoms with Crippen molar-refractivity contribution in [2.45, 2.75) is 11.7 Å². The SMILES string of the molecule is O=C(O)c1c(Cl)cccc1NS(=O)(=O)C1CCS(=O)(=O)C1. The number of hydrogen-bond donors (Lipinski definition) is 2. The number of carboxylic acids is 1. The molecule has 0 spiro atoms. The first-order valence-electron chi connectivity index (χ1n) is 5.86. The predicted octanol–water partition coefficient (Wildman–Crippen LogP) is 0.967. The fourth-order valence-corrected chi connectivity index (χ4v) is 6.43. The maximum Gasteiger partial charge on any atom is 0.339 e. The first kappa shape index (κ1) is 16.1. The highest BCUT2D eigenvalue weighted by Crippen LogP contribution is 2.27. The summed E-state index contributed by atoms with van der Waals surface area (Å²) in [6.45, 7) is 0. The zero-order valence-corrected chi connectivity index (χ0v) is 13.0. The Kier molecular flexibility index (Phi) is 4.18. The maximum absolute atomic E-state index is 12.2. The molecule has 0 bridgehead atoms. The molecule has 1 unspecified atom stereocenters. The first-order chi connectivity index (χ1) is 9.62. The van der Waals surface area contributed by atoms with Crippen LogP contribution in [0.15, 0.2) is 18.2 Å². The summed E-state index contributed by atoms with van der Waals surface area (Å²) in [6, 6.07) is 3.98. The van der Waals surface area contributed by atoms with Crippen LogP contribution in [0.2, 0.25) is 5.02 Å². The van der Waals surface area contributed by atoms with Gasteiger partial charge in [-0.2, -0.15) is 0 Å². The minimum Gasteiger partial charge on any atom is -0.478 e. The fraction of sp³-hybridized carbons (Fsp3) is 0.364. The molecule has 10 heteroatoms. The average molecular weight is 354 g/mol. The lowest BCUT2D eigenvalue weighted by atomic mass is 10.2. The van der Waals surface area contributed by atoms with Crippen LogP contribution >= 0.6 is 11.6 Å². The Balaban J connectivity index is 2.34. The molecule has 1 aromatic rings. The molecule has 1 saturated heterocycles. The first-order valence-corrected chi connectivity index (χ1v) is 9.61. The van der Waals surface area contributed by atoms with Gasteiger partial charge in [-0.15, -0.1) is 0 Å². The Morgan fingerprint density at radius 2 is 2.05 bits per heavy atom. The minimum absolute atomic E-state index is 0.0133. The molecule has 0 saturated carbocycles. The number of benzene rings is 1. The van der Waals surface area contributed by atoms with Crippen LogP contribution in [0.1, 0.15) is 16.8 Å². The zero-order chi connectivity index (χ0) is 15.8. The van der Waals surface area contributed by atoms with E-state index in [0.29, 0.717) is 0 Å². The van der Waals surface area contributed by atoms with E-state index in [1.807, 2.05) is 0 Å². The molecule has 1 aromatic carbocycles. The molecule has 116 valence electrons. The summed E-state index contributed by atoms with van der Waals surface area (Å²) in [4.78, 5) is 11.1. The molecule has 0 aliphatic carbocycles. The Morgan fingerprint density at radius 3 is 2.57 bits per heavy atom. The Hall–Kier alpha value is -1.32. The number of aromatic carboxylic acids is 1. The monoisotopic (exact) mass is 353 g/mol. The van der Waals surface area contributed by atoms with Gasteiger partial charge in [-0.05, 0) is 18.6 Å². The van der Waals surface area contributed by atoms with Crippen LogP contribution in [0.25, 0.3) is 0 Å². The third kappa shape index (κ3) is 3.47. The summed E-state index contributed by atoms with van der Waals surface area (Å²) in [5, 5.41) is 7.87. The number of carboxylic acid groups (broad SMARTS) is 1. The van der Waals surface area contributed by atoms with E-state index in [0.717, 1.165) is 0 Å². The molecule has 1 aliphatic heterocycles. The van der Waals surface area contributed by atoms with Crippen LogP contribution in [0.4, 0.5) is 5.69 Å². The second-order valence-corrected chi connectivity index (χ2v) is 9.24. The van der Waals surface area contributed by atoms with Crippen LogP contribution in [-0.2, 0) is 19.9 Å². The Bertz CT molecular complexity index is 787. The van der Waals surface area contributed by atoms with Crippen LogP contribution in [-0.4, -0.2) is 44.7 Å². The molecule has 2 rings (SSSR count). The van der Waals surface area contributed by atoms with Crippen molar-refractivity contribution in [2.75, 3.05) is 16.2 Å². The number of anilines is 1. The Morgan fingerprint density at radius 1 is 1.38 bits per heavy atom. The van der Waals surface area contributed by atoms with Gasteiger partial charge in [0.2, 0.25) is 10.0 Å². The molecule has 1 heterocycles. The normalized spacial score (nSPS) is 21.1. The summed E-state index contributed by atoms with van der Waals surface area (Å²) in [5.41, 5.74) is -0.553. The minimum atomic E-state index is -4.01. The van der Waals surface area contributed by atoms with Gasteiger partial charge in [0.15, 0.2) is 9.84 Å². The van der Waals surface area contributed by atoms with E-state index in [1.54, 1.807) is 0 Å². The molecule has 2 N–H and O–H groups in total. The van der Waals surface area contributed by atoms with E-state index >= 15 is 0 Å². The molecule has 7 nitrogen and oxygen atoms in total. The van der Waals surface area contributed by atoms with E-state index in [4.69, 9.17) is 16.7 Å². The quantitative estimate of drug-likeness (QED) is 0.832. The van der Waals surface area contributed by atoms with Gasteiger partial charge in [0.25, 0.3) is 0 Å². The molecular weight excluding hydrogens is 342 g/mol. The van der Waals surface area contributed by atoms with E-state index in [9.17, 15) is 21.6 Å². The van der Waals surface area contributed by atoms with Crippen molar-refractivity contribution in [3.63, 3.8) is 0 Å². The highest BCUT2D eigenvalue weighted by atomic mass is 35.5. The number of sulfonamides is 1. The smallest absolute Gasteiger partial charge is 0.339 e. The number of halogens is 1. The zero-order valence-electron chi connectivity index (χ0n) is 10.6. The van der Waals surface area contributed by atoms with Crippen molar-refractivity contribution in [2.24, 2.45) is 0 Å². The van der Waals surface area contributed by atoms with Gasteiger partial charge in [0.1, 0.15) is 5.56 Å². The van der Waals surface area contributed by atoms with Gasteiger partial charge < -0.3 is 5.11 Å². The summed E-state index contributed by atoms with van der Waals surface area (Å²) in [6.07, 6.45) is -0.0133. The average Bonchev–Trinajstić information content (AvgIpc) is 2.69. The third-order valence-corrected chi connectivity index (χ3v) is 7.19. The van der Waals surface area contributed by atoms with Crippen LogP contribution in [0.3, 0.4) is 0 Å². The number of sulfone groups is 1. The van der Waals surface area contributed by atoms with Gasteiger partial charge in [0.05, 0.1) is 27.5 Å². The molecule has 0 radical (unpaired) electrons. The highest BCUT2D eigenvalue weighted by molar-refractivity contribution is 7.97. The molecule has 1 atom stereocenters. The van der Waals surface area contributed by atoms with Crippen molar-refractivity contribution in [1.29, 1.82) is 0 Å². The van der Waals surface area contributed by atoms with Crippen molar-refractivity contribution in [1.82, 2.24) is 0 Å². The molecule has 0 aromatic heterocycles. The molecule has 21 heavy (non-hydrogen) atoms. The molecular formula is C11H12ClNO6S2. The number of nitrogens with one attached hydrogen (secondary N) is 1. The van der Waals surface area contributed by atoms with Gasteiger partial charge in [0, 0.05) is 0 Å². The second-order valence-electron chi connectivity index (χ2n) is 4.64. The van der Waals surface area contributed by atoms with Crippen LogP contribution in [0, 0.1) is 0 Å². The lowest BCUT2D eigenvalue weighted by molar-refractivity contribution is 0.0698. The van der Waals surface area contributed by atoms with E-state index < -0.39 is 36.8 Å². The summed E-state index contributed by atoms with van der Waals surface area (Å²) >= 11 is 5.75. The van der Waals surface area contributed by atoms with Crippen molar-refractivity contribution in [3.05, 3.63) is 28.8 Å². The van der Waals surface area contributed by atoms with E-state index in [-0.39, 0.29) is 28.4 Å². The van der Waals surface area contributed by atoms with Crippen molar-refractivity contribution in [3.8, 4) is 0 Å². The highest BCUT2D eigenvalue weighted by Gasteiger charge is 2.37. The Labute approximate surface area is 126 Å². The van der Waals surface area contributed by atoms with Gasteiger partial charge >= 0.3 is 5.97 Å². The van der Waals surface area contributed by atoms with E-state index in [1.165, 1.54) is 18.2 Å². The summed E-state index contributed by atoms with van der Waals surface area (Å²) < 4.78 is 49.2. The second kappa shape index (κ2) is 5.47. The number of hydrogen-bond acceptors (Lipinski definition) is 5. The number of carbonyl (C=O) groups is 1. The molecule has 1 aliphatic rings. The van der Waals surface area contributed by atoms with Gasteiger partial charge in [-0.3, -0.25) is 4.72 Å². The predicted molar refractivity (Wildman–Crippen MR) is 78.0 cm³/mol. The van der Waals surface area contributed by atoms with E-state index in [2.05, 4.69) is 4.72 Å². The third-order valence-electron chi connectivity index (χ3n) is 3.11. The summed E-state index contributed by atoms with van der Waals surface area (Å²) in [7, 11) is -7.38. The molecule has 0 amide bonds. The van der Waals surface area contributed by atoms with Crippen molar-refractivity contribution >= 4 is 43.1 Å². The van der Waals surface area contributed by atoms with Crippen LogP contribution < -0.4 is 4.72 Å². The lowest BCUT2D eigenvalue weighted by Crippen LogP contribution is -2.29. The van der Waals surface area contributed by atoms with Gasteiger partial charge in [-0.25, -0.2) is 21.6 Å². The molecule has 1 fully saturated rings. The standard InChI is InChI=1S/C11H12ClNO6S2/c12-8-2-1-3-9(10(8)11(14)15)13-21(18,19)7-4-5-20(16,17)6-7/h1-3,7,13H,4-6H2,(H,14,15).